The van der Waals surface area contributed by atoms with Gasteiger partial charge in [-0.15, -0.1) is 0 Å². The zero-order valence-corrected chi connectivity index (χ0v) is 12.0. The highest BCUT2D eigenvalue weighted by Crippen LogP contribution is 2.33. The molecule has 1 aromatic rings. The van der Waals surface area contributed by atoms with Crippen LogP contribution in [-0.2, 0) is 6.42 Å². The second-order valence-electron chi connectivity index (χ2n) is 5.91. The topological polar surface area (TPSA) is 24.5 Å². The molecule has 0 radical (unpaired) electrons. The van der Waals surface area contributed by atoms with E-state index in [2.05, 4.69) is 42.4 Å². The van der Waals surface area contributed by atoms with Crippen molar-refractivity contribution >= 4 is 5.69 Å². The first-order chi connectivity index (χ1) is 9.26. The van der Waals surface area contributed by atoms with Gasteiger partial charge in [-0.2, -0.15) is 0 Å². The third-order valence-corrected chi connectivity index (χ3v) is 4.44. The van der Waals surface area contributed by atoms with Crippen LogP contribution < -0.4 is 10.1 Å². The minimum Gasteiger partial charge on any atom is -0.489 e. The number of hydrogen-bond acceptors (Lipinski definition) is 3. The van der Waals surface area contributed by atoms with Crippen LogP contribution in [0.2, 0.25) is 0 Å². The lowest BCUT2D eigenvalue weighted by Gasteiger charge is -2.38. The van der Waals surface area contributed by atoms with Crippen molar-refractivity contribution < 1.29 is 4.74 Å². The molecular formula is C16H24N2O. The molecule has 0 saturated carbocycles. The molecular weight excluding hydrogens is 236 g/mol. The molecule has 0 spiro atoms. The number of anilines is 1. The molecule has 0 bridgehead atoms. The standard InChI is InChI=1S/C16H24N2O/c1-3-12-6-7-16-14(9-12)17-15(11-19-16)13-5-4-8-18(2)10-13/h6-7,9,13,15,17H,3-5,8,10-11H2,1-2H3. The molecule has 2 atom stereocenters. The van der Waals surface area contributed by atoms with E-state index in [1.165, 1.54) is 37.2 Å². The highest BCUT2D eigenvalue weighted by atomic mass is 16.5. The van der Waals surface area contributed by atoms with Crippen molar-refractivity contribution in [2.75, 3.05) is 32.1 Å². The van der Waals surface area contributed by atoms with Gasteiger partial charge in [0.1, 0.15) is 12.4 Å². The van der Waals surface area contributed by atoms with E-state index in [1.807, 2.05) is 0 Å². The molecule has 0 aromatic heterocycles. The average Bonchev–Trinajstić information content (AvgIpc) is 2.46. The maximum absolute atomic E-state index is 5.94. The molecule has 3 rings (SSSR count). The Morgan fingerprint density at radius 1 is 1.42 bits per heavy atom. The van der Waals surface area contributed by atoms with E-state index < -0.39 is 0 Å². The summed E-state index contributed by atoms with van der Waals surface area (Å²) >= 11 is 0. The van der Waals surface area contributed by atoms with Crippen molar-refractivity contribution in [2.45, 2.75) is 32.2 Å². The van der Waals surface area contributed by atoms with Crippen LogP contribution in [0.5, 0.6) is 5.75 Å². The summed E-state index contributed by atoms with van der Waals surface area (Å²) in [5, 5.41) is 3.71. The Labute approximate surface area is 115 Å². The number of benzene rings is 1. The van der Waals surface area contributed by atoms with Crippen LogP contribution in [0.1, 0.15) is 25.3 Å². The quantitative estimate of drug-likeness (QED) is 0.885. The molecule has 2 unspecified atom stereocenters. The van der Waals surface area contributed by atoms with E-state index in [4.69, 9.17) is 4.74 Å². The largest absolute Gasteiger partial charge is 0.489 e. The summed E-state index contributed by atoms with van der Waals surface area (Å²) in [6.45, 7) is 5.42. The van der Waals surface area contributed by atoms with E-state index in [9.17, 15) is 0 Å². The fourth-order valence-corrected chi connectivity index (χ4v) is 3.25. The van der Waals surface area contributed by atoms with E-state index in [-0.39, 0.29) is 0 Å². The SMILES string of the molecule is CCc1ccc2c(c1)NC(C1CCCN(C)C1)CO2. The third-order valence-electron chi connectivity index (χ3n) is 4.44. The van der Waals surface area contributed by atoms with Gasteiger partial charge >= 0.3 is 0 Å². The van der Waals surface area contributed by atoms with Crippen LogP contribution in [0.4, 0.5) is 5.69 Å². The van der Waals surface area contributed by atoms with Gasteiger partial charge in [-0.1, -0.05) is 13.0 Å². The maximum Gasteiger partial charge on any atom is 0.142 e. The van der Waals surface area contributed by atoms with E-state index in [1.54, 1.807) is 0 Å². The van der Waals surface area contributed by atoms with Gasteiger partial charge in [0.25, 0.3) is 0 Å². The highest BCUT2D eigenvalue weighted by molar-refractivity contribution is 5.60. The Morgan fingerprint density at radius 3 is 3.11 bits per heavy atom. The molecule has 1 N–H and O–H groups in total. The smallest absolute Gasteiger partial charge is 0.142 e. The summed E-state index contributed by atoms with van der Waals surface area (Å²) in [7, 11) is 2.22. The number of hydrogen-bond donors (Lipinski definition) is 1. The van der Waals surface area contributed by atoms with Crippen molar-refractivity contribution in [3.63, 3.8) is 0 Å². The molecule has 2 aliphatic heterocycles. The summed E-state index contributed by atoms with van der Waals surface area (Å²) in [5.74, 6) is 1.72. The Morgan fingerprint density at radius 2 is 2.32 bits per heavy atom. The maximum atomic E-state index is 5.94. The highest BCUT2D eigenvalue weighted by Gasteiger charge is 2.29. The lowest BCUT2D eigenvalue weighted by atomic mass is 9.90. The molecule has 0 amide bonds. The molecule has 3 heteroatoms. The monoisotopic (exact) mass is 260 g/mol. The molecule has 1 aromatic carbocycles. The molecule has 0 aliphatic carbocycles. The van der Waals surface area contributed by atoms with Gasteiger partial charge in [0, 0.05) is 6.54 Å². The number of nitrogens with one attached hydrogen (secondary N) is 1. The summed E-state index contributed by atoms with van der Waals surface area (Å²) in [5.41, 5.74) is 2.56. The van der Waals surface area contributed by atoms with Crippen molar-refractivity contribution in [1.82, 2.24) is 4.90 Å². The number of fused-ring (bicyclic) bond motifs is 1. The van der Waals surface area contributed by atoms with Crippen LogP contribution in [0.3, 0.4) is 0 Å². The zero-order valence-electron chi connectivity index (χ0n) is 12.0. The number of likely N-dealkylation sites (tertiary alicyclic amines) is 1. The number of piperidine rings is 1. The first-order valence-corrected chi connectivity index (χ1v) is 7.47. The van der Waals surface area contributed by atoms with Crippen LogP contribution in [0, 0.1) is 5.92 Å². The summed E-state index contributed by atoms with van der Waals surface area (Å²) in [4.78, 5) is 2.44. The van der Waals surface area contributed by atoms with Gasteiger partial charge in [0.15, 0.2) is 0 Å². The predicted octanol–water partition coefficient (Wildman–Crippen LogP) is 2.76. The van der Waals surface area contributed by atoms with Gasteiger partial charge in [-0.3, -0.25) is 0 Å². The Bertz CT molecular complexity index is 446. The van der Waals surface area contributed by atoms with Crippen molar-refractivity contribution in [3.05, 3.63) is 23.8 Å². The molecule has 3 nitrogen and oxygen atoms in total. The van der Waals surface area contributed by atoms with E-state index in [0.29, 0.717) is 12.0 Å². The minimum atomic E-state index is 0.461. The van der Waals surface area contributed by atoms with Gasteiger partial charge in [-0.25, -0.2) is 0 Å². The first kappa shape index (κ1) is 12.8. The van der Waals surface area contributed by atoms with Crippen LogP contribution in [-0.4, -0.2) is 37.7 Å². The normalized spacial score (nSPS) is 27.3. The number of rotatable bonds is 2. The van der Waals surface area contributed by atoms with Crippen LogP contribution in [0.25, 0.3) is 0 Å². The van der Waals surface area contributed by atoms with Crippen molar-refractivity contribution in [2.24, 2.45) is 5.92 Å². The lowest BCUT2D eigenvalue weighted by Crippen LogP contribution is -2.45. The average molecular weight is 260 g/mol. The van der Waals surface area contributed by atoms with E-state index >= 15 is 0 Å². The molecule has 2 aliphatic rings. The predicted molar refractivity (Wildman–Crippen MR) is 78.9 cm³/mol. The van der Waals surface area contributed by atoms with Gasteiger partial charge in [-0.05, 0) is 56.5 Å². The van der Waals surface area contributed by atoms with Gasteiger partial charge < -0.3 is 15.0 Å². The molecule has 19 heavy (non-hydrogen) atoms. The number of nitrogens with zero attached hydrogens (tertiary/aromatic N) is 1. The van der Waals surface area contributed by atoms with E-state index in [0.717, 1.165) is 18.8 Å². The fourth-order valence-electron chi connectivity index (χ4n) is 3.25. The molecule has 2 heterocycles. The molecule has 104 valence electrons. The summed E-state index contributed by atoms with van der Waals surface area (Å²) < 4.78 is 5.94. The van der Waals surface area contributed by atoms with Gasteiger partial charge in [0.2, 0.25) is 0 Å². The fraction of sp³-hybridized carbons (Fsp3) is 0.625. The molecule has 1 fully saturated rings. The van der Waals surface area contributed by atoms with Gasteiger partial charge in [0.05, 0.1) is 11.7 Å². The minimum absolute atomic E-state index is 0.461. The Hall–Kier alpha value is -1.22. The second-order valence-corrected chi connectivity index (χ2v) is 5.91. The third kappa shape index (κ3) is 2.71. The second kappa shape index (κ2) is 5.41. The first-order valence-electron chi connectivity index (χ1n) is 7.47. The Kier molecular flexibility index (Phi) is 3.65. The van der Waals surface area contributed by atoms with Crippen LogP contribution in [0.15, 0.2) is 18.2 Å². The Balaban J connectivity index is 1.73. The lowest BCUT2D eigenvalue weighted by molar-refractivity contribution is 0.159. The van der Waals surface area contributed by atoms with Crippen LogP contribution >= 0.6 is 0 Å². The summed E-state index contributed by atoms with van der Waals surface area (Å²) in [6, 6.07) is 6.97. The summed E-state index contributed by atoms with van der Waals surface area (Å²) in [6.07, 6.45) is 3.70. The number of ether oxygens (including phenoxy) is 1. The van der Waals surface area contributed by atoms with Crippen molar-refractivity contribution in [3.8, 4) is 5.75 Å². The number of aryl methyl sites for hydroxylation is 1. The van der Waals surface area contributed by atoms with Crippen molar-refractivity contribution in [1.29, 1.82) is 0 Å². The molecule has 1 saturated heterocycles. The zero-order chi connectivity index (χ0) is 13.2.